The van der Waals surface area contributed by atoms with E-state index in [1.165, 1.54) is 23.1 Å². The second-order valence-corrected chi connectivity index (χ2v) is 3.75. The summed E-state index contributed by atoms with van der Waals surface area (Å²) in [4.78, 5) is 12.8. The SMILES string of the molecule is N#Cc1ccc(F)c(N2CC(N)CC2=O)c1. The predicted molar refractivity (Wildman–Crippen MR) is 56.1 cm³/mol. The lowest BCUT2D eigenvalue weighted by atomic mass is 10.2. The standard InChI is InChI=1S/C11H10FN3O/c12-9-2-1-7(5-13)3-10(9)15-6-8(14)4-11(15)16/h1-3,8H,4,6,14H2. The molecule has 1 unspecified atom stereocenters. The van der Waals surface area contributed by atoms with Crippen LogP contribution in [0.25, 0.3) is 0 Å². The molecular formula is C11H10FN3O. The Hall–Kier alpha value is -1.93. The van der Waals surface area contributed by atoms with Gasteiger partial charge >= 0.3 is 0 Å². The van der Waals surface area contributed by atoms with Gasteiger partial charge in [0, 0.05) is 19.0 Å². The summed E-state index contributed by atoms with van der Waals surface area (Å²) in [5.74, 6) is -0.720. The predicted octanol–water partition coefficient (Wildman–Crippen LogP) is 0.761. The van der Waals surface area contributed by atoms with Crippen LogP contribution in [0, 0.1) is 17.1 Å². The minimum Gasteiger partial charge on any atom is -0.326 e. The fraction of sp³-hybridized carbons (Fsp3) is 0.273. The number of anilines is 1. The molecule has 2 N–H and O–H groups in total. The molecule has 1 heterocycles. The Morgan fingerprint density at radius 2 is 2.31 bits per heavy atom. The van der Waals surface area contributed by atoms with Crippen molar-refractivity contribution in [1.82, 2.24) is 0 Å². The number of nitrogens with two attached hydrogens (primary N) is 1. The Morgan fingerprint density at radius 1 is 1.56 bits per heavy atom. The van der Waals surface area contributed by atoms with E-state index in [1.807, 2.05) is 6.07 Å². The molecule has 0 bridgehead atoms. The number of amides is 1. The van der Waals surface area contributed by atoms with E-state index in [0.29, 0.717) is 12.1 Å². The average molecular weight is 219 g/mol. The third-order valence-corrected chi connectivity index (χ3v) is 2.52. The van der Waals surface area contributed by atoms with Gasteiger partial charge < -0.3 is 10.6 Å². The third kappa shape index (κ3) is 1.75. The van der Waals surface area contributed by atoms with Crippen LogP contribution in [0.3, 0.4) is 0 Å². The fourth-order valence-corrected chi connectivity index (χ4v) is 1.76. The maximum atomic E-state index is 13.5. The molecule has 16 heavy (non-hydrogen) atoms. The number of nitrogens with zero attached hydrogens (tertiary/aromatic N) is 2. The van der Waals surface area contributed by atoms with Gasteiger partial charge in [-0.1, -0.05) is 0 Å². The van der Waals surface area contributed by atoms with Gasteiger partial charge in [0.25, 0.3) is 0 Å². The molecule has 5 heteroatoms. The van der Waals surface area contributed by atoms with Crippen LogP contribution < -0.4 is 10.6 Å². The van der Waals surface area contributed by atoms with E-state index in [9.17, 15) is 9.18 Å². The zero-order valence-corrected chi connectivity index (χ0v) is 8.48. The Bertz CT molecular complexity index is 481. The van der Waals surface area contributed by atoms with Gasteiger partial charge in [0.2, 0.25) is 5.91 Å². The molecule has 0 aliphatic carbocycles. The summed E-state index contributed by atoms with van der Waals surface area (Å²) >= 11 is 0. The molecule has 0 saturated carbocycles. The molecule has 0 spiro atoms. The van der Waals surface area contributed by atoms with Gasteiger partial charge in [-0.15, -0.1) is 0 Å². The molecule has 1 aliphatic rings. The largest absolute Gasteiger partial charge is 0.326 e. The highest BCUT2D eigenvalue weighted by atomic mass is 19.1. The quantitative estimate of drug-likeness (QED) is 0.758. The van der Waals surface area contributed by atoms with Crippen molar-refractivity contribution in [2.24, 2.45) is 5.73 Å². The lowest BCUT2D eigenvalue weighted by Gasteiger charge is -2.16. The molecular weight excluding hydrogens is 209 g/mol. The summed E-state index contributed by atoms with van der Waals surface area (Å²) in [6.45, 7) is 0.296. The highest BCUT2D eigenvalue weighted by Gasteiger charge is 2.29. The second kappa shape index (κ2) is 3.91. The molecule has 0 aromatic heterocycles. The first kappa shape index (κ1) is 10.6. The molecule has 1 amide bonds. The van der Waals surface area contributed by atoms with Crippen LogP contribution in [0.2, 0.25) is 0 Å². The first-order valence-corrected chi connectivity index (χ1v) is 4.87. The van der Waals surface area contributed by atoms with Crippen molar-refractivity contribution >= 4 is 11.6 Å². The number of halogens is 1. The zero-order chi connectivity index (χ0) is 11.7. The van der Waals surface area contributed by atoms with Crippen molar-refractivity contribution < 1.29 is 9.18 Å². The van der Waals surface area contributed by atoms with E-state index in [4.69, 9.17) is 11.0 Å². The molecule has 0 radical (unpaired) electrons. The van der Waals surface area contributed by atoms with Crippen LogP contribution in [0.4, 0.5) is 10.1 Å². The topological polar surface area (TPSA) is 70.1 Å². The molecule has 1 fully saturated rings. The average Bonchev–Trinajstić information content (AvgIpc) is 2.58. The van der Waals surface area contributed by atoms with Gasteiger partial charge in [-0.05, 0) is 18.2 Å². The maximum absolute atomic E-state index is 13.5. The number of rotatable bonds is 1. The summed E-state index contributed by atoms with van der Waals surface area (Å²) in [5, 5.41) is 8.71. The molecule has 2 rings (SSSR count). The number of carbonyl (C=O) groups excluding carboxylic acids is 1. The molecule has 1 aromatic rings. The van der Waals surface area contributed by atoms with Crippen molar-refractivity contribution in [3.8, 4) is 6.07 Å². The first-order valence-electron chi connectivity index (χ1n) is 4.87. The number of benzene rings is 1. The van der Waals surface area contributed by atoms with Gasteiger partial charge in [-0.25, -0.2) is 4.39 Å². The molecule has 1 aromatic carbocycles. The van der Waals surface area contributed by atoms with E-state index < -0.39 is 5.82 Å². The summed E-state index contributed by atoms with van der Waals surface area (Å²) in [5.41, 5.74) is 6.08. The first-order chi connectivity index (χ1) is 7.61. The molecule has 1 saturated heterocycles. The monoisotopic (exact) mass is 219 g/mol. The van der Waals surface area contributed by atoms with Crippen LogP contribution in [0.15, 0.2) is 18.2 Å². The molecule has 82 valence electrons. The number of carbonyl (C=O) groups is 1. The number of hydrogen-bond acceptors (Lipinski definition) is 3. The van der Waals surface area contributed by atoms with E-state index in [1.54, 1.807) is 0 Å². The Labute approximate surface area is 92.1 Å². The molecule has 4 nitrogen and oxygen atoms in total. The van der Waals surface area contributed by atoms with Gasteiger partial charge in [0.15, 0.2) is 0 Å². The zero-order valence-electron chi connectivity index (χ0n) is 8.48. The smallest absolute Gasteiger partial charge is 0.228 e. The van der Waals surface area contributed by atoms with Gasteiger partial charge in [0.1, 0.15) is 5.82 Å². The highest BCUT2D eigenvalue weighted by molar-refractivity contribution is 5.96. The van der Waals surface area contributed by atoms with Crippen molar-refractivity contribution in [3.05, 3.63) is 29.6 Å². The van der Waals surface area contributed by atoms with Crippen LogP contribution in [0.5, 0.6) is 0 Å². The van der Waals surface area contributed by atoms with Gasteiger partial charge in [0.05, 0.1) is 17.3 Å². The van der Waals surface area contributed by atoms with Crippen LogP contribution in [0.1, 0.15) is 12.0 Å². The van der Waals surface area contributed by atoms with Gasteiger partial charge in [-0.2, -0.15) is 5.26 Å². The third-order valence-electron chi connectivity index (χ3n) is 2.52. The van der Waals surface area contributed by atoms with E-state index in [0.717, 1.165) is 0 Å². The lowest BCUT2D eigenvalue weighted by molar-refractivity contribution is -0.117. The minimum atomic E-state index is -0.513. The van der Waals surface area contributed by atoms with Crippen LogP contribution in [-0.4, -0.2) is 18.5 Å². The minimum absolute atomic E-state index is 0.136. The second-order valence-electron chi connectivity index (χ2n) is 3.75. The van der Waals surface area contributed by atoms with Crippen molar-refractivity contribution in [2.45, 2.75) is 12.5 Å². The Kier molecular flexibility index (Phi) is 2.59. The number of nitriles is 1. The summed E-state index contributed by atoms with van der Waals surface area (Å²) < 4.78 is 13.5. The van der Waals surface area contributed by atoms with Crippen LogP contribution >= 0.6 is 0 Å². The van der Waals surface area contributed by atoms with E-state index >= 15 is 0 Å². The fourth-order valence-electron chi connectivity index (χ4n) is 1.76. The normalized spacial score (nSPS) is 19.9. The van der Waals surface area contributed by atoms with E-state index in [2.05, 4.69) is 0 Å². The summed E-state index contributed by atoms with van der Waals surface area (Å²) in [7, 11) is 0. The summed E-state index contributed by atoms with van der Waals surface area (Å²) in [6, 6.07) is 5.57. The number of hydrogen-bond donors (Lipinski definition) is 1. The van der Waals surface area contributed by atoms with E-state index in [-0.39, 0.29) is 24.1 Å². The van der Waals surface area contributed by atoms with Crippen LogP contribution in [-0.2, 0) is 4.79 Å². The molecule has 1 atom stereocenters. The highest BCUT2D eigenvalue weighted by Crippen LogP contribution is 2.25. The van der Waals surface area contributed by atoms with Crippen molar-refractivity contribution in [1.29, 1.82) is 5.26 Å². The Morgan fingerprint density at radius 3 is 2.88 bits per heavy atom. The maximum Gasteiger partial charge on any atom is 0.228 e. The van der Waals surface area contributed by atoms with Gasteiger partial charge in [-0.3, -0.25) is 4.79 Å². The summed E-state index contributed by atoms with van der Waals surface area (Å²) in [6.07, 6.45) is 0.218. The molecule has 1 aliphatic heterocycles. The van der Waals surface area contributed by atoms with Crippen molar-refractivity contribution in [3.63, 3.8) is 0 Å². The van der Waals surface area contributed by atoms with Crippen molar-refractivity contribution in [2.75, 3.05) is 11.4 Å². The lowest BCUT2D eigenvalue weighted by Crippen LogP contribution is -2.28. The Balaban J connectivity index is 2.40.